The molecule has 0 amide bonds. The number of ether oxygens (including phenoxy) is 2. The van der Waals surface area contributed by atoms with E-state index in [0.29, 0.717) is 6.10 Å². The highest BCUT2D eigenvalue weighted by Crippen LogP contribution is 2.21. The van der Waals surface area contributed by atoms with Gasteiger partial charge in [-0.1, -0.05) is 6.07 Å². The van der Waals surface area contributed by atoms with E-state index in [4.69, 9.17) is 15.2 Å². The summed E-state index contributed by atoms with van der Waals surface area (Å²) >= 11 is 0. The quantitative estimate of drug-likeness (QED) is 0.762. The SMILES string of the molecule is COc1cc(N)ccc1CNCC1CCCO1. The molecule has 2 rings (SSSR count). The van der Waals surface area contributed by atoms with Crippen LogP contribution in [0, 0.1) is 0 Å². The third-order valence-electron chi connectivity index (χ3n) is 3.02. The topological polar surface area (TPSA) is 56.5 Å². The molecule has 94 valence electrons. The minimum atomic E-state index is 0.370. The first-order chi connectivity index (χ1) is 8.29. The van der Waals surface area contributed by atoms with Crippen LogP contribution in [-0.4, -0.2) is 26.4 Å². The number of nitrogens with one attached hydrogen (secondary N) is 1. The van der Waals surface area contributed by atoms with E-state index in [1.165, 1.54) is 6.42 Å². The highest BCUT2D eigenvalue weighted by molar-refractivity contribution is 5.48. The highest BCUT2D eigenvalue weighted by atomic mass is 16.5. The van der Waals surface area contributed by atoms with Gasteiger partial charge >= 0.3 is 0 Å². The molecule has 1 aliphatic rings. The molecule has 1 heterocycles. The van der Waals surface area contributed by atoms with Crippen molar-refractivity contribution in [2.75, 3.05) is 26.0 Å². The Morgan fingerprint density at radius 2 is 2.41 bits per heavy atom. The van der Waals surface area contributed by atoms with Crippen molar-refractivity contribution in [3.63, 3.8) is 0 Å². The Kier molecular flexibility index (Phi) is 4.23. The van der Waals surface area contributed by atoms with Crippen LogP contribution in [0.25, 0.3) is 0 Å². The van der Waals surface area contributed by atoms with Gasteiger partial charge in [0.15, 0.2) is 0 Å². The summed E-state index contributed by atoms with van der Waals surface area (Å²) in [7, 11) is 1.67. The number of nitrogen functional groups attached to an aromatic ring is 1. The Labute approximate surface area is 102 Å². The molecule has 1 unspecified atom stereocenters. The zero-order valence-electron chi connectivity index (χ0n) is 10.2. The van der Waals surface area contributed by atoms with Crippen molar-refractivity contribution < 1.29 is 9.47 Å². The summed E-state index contributed by atoms with van der Waals surface area (Å²) in [6.45, 7) is 2.58. The molecule has 1 aromatic rings. The lowest BCUT2D eigenvalue weighted by atomic mass is 10.1. The molecule has 1 aromatic carbocycles. The maximum atomic E-state index is 5.71. The van der Waals surface area contributed by atoms with Crippen molar-refractivity contribution in [3.05, 3.63) is 23.8 Å². The summed E-state index contributed by atoms with van der Waals surface area (Å²) in [5.74, 6) is 0.838. The molecule has 3 N–H and O–H groups in total. The van der Waals surface area contributed by atoms with Crippen molar-refractivity contribution in [1.82, 2.24) is 5.32 Å². The summed E-state index contributed by atoms with van der Waals surface area (Å²) in [5, 5.41) is 3.39. The van der Waals surface area contributed by atoms with Crippen LogP contribution in [0.2, 0.25) is 0 Å². The lowest BCUT2D eigenvalue weighted by molar-refractivity contribution is 0.110. The fraction of sp³-hybridized carbons (Fsp3) is 0.538. The average molecular weight is 236 g/mol. The van der Waals surface area contributed by atoms with E-state index >= 15 is 0 Å². The second-order valence-electron chi connectivity index (χ2n) is 4.34. The van der Waals surface area contributed by atoms with Crippen LogP contribution in [0.4, 0.5) is 5.69 Å². The molecule has 0 aliphatic carbocycles. The first-order valence-electron chi connectivity index (χ1n) is 6.04. The highest BCUT2D eigenvalue weighted by Gasteiger charge is 2.14. The molecule has 4 heteroatoms. The third kappa shape index (κ3) is 3.35. The second-order valence-corrected chi connectivity index (χ2v) is 4.34. The molecule has 1 aliphatic heterocycles. The molecular formula is C13H20N2O2. The number of anilines is 1. The Bertz CT molecular complexity index is 362. The van der Waals surface area contributed by atoms with Gasteiger partial charge in [0.05, 0.1) is 13.2 Å². The van der Waals surface area contributed by atoms with Gasteiger partial charge in [-0.25, -0.2) is 0 Å². The number of methoxy groups -OCH3 is 1. The zero-order valence-corrected chi connectivity index (χ0v) is 10.2. The molecule has 0 saturated carbocycles. The van der Waals surface area contributed by atoms with Crippen LogP contribution >= 0.6 is 0 Å². The molecule has 0 radical (unpaired) electrons. The van der Waals surface area contributed by atoms with Gasteiger partial charge in [-0.05, 0) is 18.9 Å². The predicted molar refractivity (Wildman–Crippen MR) is 68.1 cm³/mol. The molecule has 0 aromatic heterocycles. The van der Waals surface area contributed by atoms with Crippen LogP contribution in [0.1, 0.15) is 18.4 Å². The Morgan fingerprint density at radius 3 is 3.12 bits per heavy atom. The van der Waals surface area contributed by atoms with E-state index in [9.17, 15) is 0 Å². The predicted octanol–water partition coefficient (Wildman–Crippen LogP) is 1.55. The maximum absolute atomic E-state index is 5.71. The molecule has 0 spiro atoms. The smallest absolute Gasteiger partial charge is 0.125 e. The summed E-state index contributed by atoms with van der Waals surface area (Å²) in [5.41, 5.74) is 7.56. The number of nitrogens with two attached hydrogens (primary N) is 1. The van der Waals surface area contributed by atoms with Crippen LogP contribution in [0.15, 0.2) is 18.2 Å². The number of hydrogen-bond acceptors (Lipinski definition) is 4. The molecule has 4 nitrogen and oxygen atoms in total. The van der Waals surface area contributed by atoms with Crippen molar-refractivity contribution >= 4 is 5.69 Å². The second kappa shape index (κ2) is 5.89. The fourth-order valence-corrected chi connectivity index (χ4v) is 2.08. The van der Waals surface area contributed by atoms with E-state index in [1.807, 2.05) is 18.2 Å². The lowest BCUT2D eigenvalue weighted by Gasteiger charge is -2.13. The number of rotatable bonds is 5. The minimum absolute atomic E-state index is 0.370. The minimum Gasteiger partial charge on any atom is -0.496 e. The molecule has 1 fully saturated rings. The molecule has 17 heavy (non-hydrogen) atoms. The van der Waals surface area contributed by atoms with Gasteiger partial charge in [0.2, 0.25) is 0 Å². The van der Waals surface area contributed by atoms with Crippen molar-refractivity contribution in [3.8, 4) is 5.75 Å². The monoisotopic (exact) mass is 236 g/mol. The zero-order chi connectivity index (χ0) is 12.1. The number of hydrogen-bond donors (Lipinski definition) is 2. The van der Waals surface area contributed by atoms with Crippen LogP contribution in [-0.2, 0) is 11.3 Å². The molecule has 1 atom stereocenters. The van der Waals surface area contributed by atoms with Crippen molar-refractivity contribution in [2.24, 2.45) is 0 Å². The van der Waals surface area contributed by atoms with E-state index in [-0.39, 0.29) is 0 Å². The Morgan fingerprint density at radius 1 is 1.53 bits per heavy atom. The van der Waals surface area contributed by atoms with Gasteiger partial charge in [0, 0.05) is 37.0 Å². The van der Waals surface area contributed by atoms with E-state index in [0.717, 1.165) is 43.1 Å². The number of benzene rings is 1. The lowest BCUT2D eigenvalue weighted by Crippen LogP contribution is -2.25. The summed E-state index contributed by atoms with van der Waals surface area (Å²) < 4.78 is 10.9. The van der Waals surface area contributed by atoms with Crippen LogP contribution in [0.5, 0.6) is 5.75 Å². The molecule has 1 saturated heterocycles. The van der Waals surface area contributed by atoms with E-state index in [1.54, 1.807) is 7.11 Å². The Hall–Kier alpha value is -1.26. The fourth-order valence-electron chi connectivity index (χ4n) is 2.08. The van der Waals surface area contributed by atoms with Gasteiger partial charge in [-0.15, -0.1) is 0 Å². The van der Waals surface area contributed by atoms with E-state index < -0.39 is 0 Å². The molecular weight excluding hydrogens is 216 g/mol. The largest absolute Gasteiger partial charge is 0.496 e. The first-order valence-corrected chi connectivity index (χ1v) is 6.04. The first kappa shape index (κ1) is 12.2. The average Bonchev–Trinajstić information content (AvgIpc) is 2.84. The summed E-state index contributed by atoms with van der Waals surface area (Å²) in [6.07, 6.45) is 2.71. The van der Waals surface area contributed by atoms with Crippen molar-refractivity contribution in [2.45, 2.75) is 25.5 Å². The van der Waals surface area contributed by atoms with Gasteiger partial charge in [0.1, 0.15) is 5.75 Å². The summed E-state index contributed by atoms with van der Waals surface area (Å²) in [6, 6.07) is 5.74. The normalized spacial score (nSPS) is 19.5. The van der Waals surface area contributed by atoms with Gasteiger partial charge in [-0.3, -0.25) is 0 Å². The maximum Gasteiger partial charge on any atom is 0.125 e. The Balaban J connectivity index is 1.85. The van der Waals surface area contributed by atoms with Gasteiger partial charge < -0.3 is 20.5 Å². The van der Waals surface area contributed by atoms with Crippen LogP contribution in [0.3, 0.4) is 0 Å². The van der Waals surface area contributed by atoms with Gasteiger partial charge in [0.25, 0.3) is 0 Å². The standard InChI is InChI=1S/C13H20N2O2/c1-16-13-7-11(14)5-4-10(13)8-15-9-12-3-2-6-17-12/h4-5,7,12,15H,2-3,6,8-9,14H2,1H3. The van der Waals surface area contributed by atoms with Crippen LogP contribution < -0.4 is 15.8 Å². The summed E-state index contributed by atoms with van der Waals surface area (Å²) in [4.78, 5) is 0. The van der Waals surface area contributed by atoms with E-state index in [2.05, 4.69) is 5.32 Å². The van der Waals surface area contributed by atoms with Gasteiger partial charge in [-0.2, -0.15) is 0 Å². The van der Waals surface area contributed by atoms with Crippen molar-refractivity contribution in [1.29, 1.82) is 0 Å². The third-order valence-corrected chi connectivity index (χ3v) is 3.02. The molecule has 0 bridgehead atoms.